The molecule has 1 N–H and O–H groups in total. The van der Waals surface area contributed by atoms with Gasteiger partial charge in [-0.3, -0.25) is 13.9 Å². The van der Waals surface area contributed by atoms with E-state index in [9.17, 15) is 18.0 Å². The van der Waals surface area contributed by atoms with E-state index in [-0.39, 0.29) is 23.3 Å². The minimum Gasteiger partial charge on any atom is -0.497 e. The van der Waals surface area contributed by atoms with Crippen molar-refractivity contribution in [2.75, 3.05) is 24.5 Å². The van der Waals surface area contributed by atoms with Crippen molar-refractivity contribution in [3.05, 3.63) is 90.0 Å². The summed E-state index contributed by atoms with van der Waals surface area (Å²) in [5.41, 5.74) is 2.21. The summed E-state index contributed by atoms with van der Waals surface area (Å²) in [5.74, 6) is 0.143. The van der Waals surface area contributed by atoms with Gasteiger partial charge >= 0.3 is 0 Å². The Labute approximate surface area is 244 Å². The first-order valence-corrected chi connectivity index (χ1v) is 15.4. The van der Waals surface area contributed by atoms with Crippen molar-refractivity contribution in [3.63, 3.8) is 0 Å². The molecule has 2 amide bonds. The van der Waals surface area contributed by atoms with Gasteiger partial charge in [0, 0.05) is 13.1 Å². The highest BCUT2D eigenvalue weighted by Gasteiger charge is 2.32. The summed E-state index contributed by atoms with van der Waals surface area (Å²) in [5, 5.41) is 2.90. The summed E-state index contributed by atoms with van der Waals surface area (Å²) in [7, 11) is -2.52. The van der Waals surface area contributed by atoms with Crippen LogP contribution in [0.3, 0.4) is 0 Å². The molecular formula is C32H41N3O5S. The van der Waals surface area contributed by atoms with Gasteiger partial charge in [0.2, 0.25) is 11.8 Å². The number of anilines is 1. The third-order valence-corrected chi connectivity index (χ3v) is 8.75. The molecule has 3 aromatic carbocycles. The minimum absolute atomic E-state index is 0.0767. The Kier molecular flexibility index (Phi) is 11.3. The number of hydrogen-bond acceptors (Lipinski definition) is 5. The summed E-state index contributed by atoms with van der Waals surface area (Å²) >= 11 is 0. The van der Waals surface area contributed by atoms with Crippen molar-refractivity contribution in [1.29, 1.82) is 0 Å². The van der Waals surface area contributed by atoms with E-state index in [2.05, 4.69) is 19.2 Å². The molecule has 0 aliphatic heterocycles. The monoisotopic (exact) mass is 579 g/mol. The van der Waals surface area contributed by atoms with Crippen molar-refractivity contribution in [2.24, 2.45) is 0 Å². The van der Waals surface area contributed by atoms with Crippen molar-refractivity contribution in [2.45, 2.75) is 63.9 Å². The Hall–Kier alpha value is -3.85. The lowest BCUT2D eigenvalue weighted by atomic mass is 10.0. The molecule has 0 spiro atoms. The van der Waals surface area contributed by atoms with Crippen LogP contribution in [0, 0.1) is 0 Å². The smallest absolute Gasteiger partial charge is 0.264 e. The first-order chi connectivity index (χ1) is 19.6. The third kappa shape index (κ3) is 8.33. The van der Waals surface area contributed by atoms with Crippen LogP contribution in [0.5, 0.6) is 5.75 Å². The Morgan fingerprint density at radius 2 is 1.54 bits per heavy atom. The van der Waals surface area contributed by atoms with Crippen LogP contribution in [0.4, 0.5) is 5.69 Å². The summed E-state index contributed by atoms with van der Waals surface area (Å²) in [6, 6.07) is 21.6. The topological polar surface area (TPSA) is 96.0 Å². The van der Waals surface area contributed by atoms with Crippen LogP contribution >= 0.6 is 0 Å². The summed E-state index contributed by atoms with van der Waals surface area (Å²) in [6.07, 6.45) is 1.74. The van der Waals surface area contributed by atoms with Crippen molar-refractivity contribution < 1.29 is 22.7 Å². The molecule has 0 radical (unpaired) electrons. The second-order valence-corrected chi connectivity index (χ2v) is 12.1. The van der Waals surface area contributed by atoms with Crippen molar-refractivity contribution >= 4 is 27.5 Å². The number of carbonyl (C=O) groups is 2. The van der Waals surface area contributed by atoms with Gasteiger partial charge in [0.1, 0.15) is 18.3 Å². The van der Waals surface area contributed by atoms with E-state index in [1.165, 1.54) is 17.0 Å². The van der Waals surface area contributed by atoms with E-state index < -0.39 is 28.5 Å². The number of carbonyl (C=O) groups excluding carboxylic acids is 2. The molecule has 8 nitrogen and oxygen atoms in total. The molecule has 0 saturated heterocycles. The highest BCUT2D eigenvalue weighted by atomic mass is 32.2. The minimum atomic E-state index is -4.09. The lowest BCUT2D eigenvalue weighted by molar-refractivity contribution is -0.139. The maximum atomic E-state index is 14.0. The van der Waals surface area contributed by atoms with Gasteiger partial charge in [-0.25, -0.2) is 8.42 Å². The van der Waals surface area contributed by atoms with E-state index in [0.717, 1.165) is 28.3 Å². The molecule has 0 aromatic heterocycles. The lowest BCUT2D eigenvalue weighted by Crippen LogP contribution is -2.51. The van der Waals surface area contributed by atoms with E-state index in [0.29, 0.717) is 18.0 Å². The Morgan fingerprint density at radius 3 is 2.10 bits per heavy atom. The number of unbranched alkanes of at least 4 members (excludes halogenated alkanes) is 1. The van der Waals surface area contributed by atoms with Gasteiger partial charge in [-0.2, -0.15) is 0 Å². The molecule has 220 valence electrons. The van der Waals surface area contributed by atoms with Crippen LogP contribution < -0.4 is 14.4 Å². The molecule has 41 heavy (non-hydrogen) atoms. The number of hydrogen-bond donors (Lipinski definition) is 1. The molecule has 0 unspecified atom stereocenters. The maximum Gasteiger partial charge on any atom is 0.264 e. The summed E-state index contributed by atoms with van der Waals surface area (Å²) in [6.45, 7) is 7.96. The zero-order valence-corrected chi connectivity index (χ0v) is 25.4. The summed E-state index contributed by atoms with van der Waals surface area (Å²) in [4.78, 5) is 28.6. The third-order valence-electron chi connectivity index (χ3n) is 6.97. The zero-order valence-electron chi connectivity index (χ0n) is 24.5. The molecule has 1 atom stereocenters. The molecule has 0 heterocycles. The number of nitrogens with one attached hydrogen (secondary N) is 1. The lowest BCUT2D eigenvalue weighted by Gasteiger charge is -2.32. The predicted octanol–water partition coefficient (Wildman–Crippen LogP) is 5.35. The van der Waals surface area contributed by atoms with Gasteiger partial charge in [-0.15, -0.1) is 0 Å². The molecular weight excluding hydrogens is 538 g/mol. The average molecular weight is 580 g/mol. The van der Waals surface area contributed by atoms with Crippen LogP contribution in [0.15, 0.2) is 83.8 Å². The number of methoxy groups -OCH3 is 1. The zero-order chi connectivity index (χ0) is 30.0. The number of ether oxygens (including phenoxy) is 1. The fourth-order valence-electron chi connectivity index (χ4n) is 4.32. The van der Waals surface area contributed by atoms with Gasteiger partial charge in [0.05, 0.1) is 17.7 Å². The van der Waals surface area contributed by atoms with E-state index >= 15 is 0 Å². The van der Waals surface area contributed by atoms with Gasteiger partial charge in [0.25, 0.3) is 10.0 Å². The van der Waals surface area contributed by atoms with Crippen LogP contribution in [0.1, 0.15) is 57.6 Å². The van der Waals surface area contributed by atoms with Gasteiger partial charge in [0.15, 0.2) is 0 Å². The molecule has 0 saturated carbocycles. The first-order valence-electron chi connectivity index (χ1n) is 14.0. The fourth-order valence-corrected chi connectivity index (χ4v) is 5.76. The Morgan fingerprint density at radius 1 is 0.902 bits per heavy atom. The second-order valence-electron chi connectivity index (χ2n) is 10.3. The fraction of sp³-hybridized carbons (Fsp3) is 0.375. The van der Waals surface area contributed by atoms with E-state index in [4.69, 9.17) is 4.74 Å². The first kappa shape index (κ1) is 31.7. The number of sulfonamides is 1. The van der Waals surface area contributed by atoms with Crippen LogP contribution in [-0.4, -0.2) is 51.4 Å². The van der Waals surface area contributed by atoms with Crippen LogP contribution in [-0.2, 0) is 26.2 Å². The SMILES string of the molecule is CCCCNC(=O)[C@@H](C)N(Cc1ccc(OC)cc1)C(=O)CN(c1ccc(C(C)C)cc1)S(=O)(=O)c1ccccc1. The van der Waals surface area contributed by atoms with Crippen LogP contribution in [0.2, 0.25) is 0 Å². The maximum absolute atomic E-state index is 14.0. The highest BCUT2D eigenvalue weighted by Crippen LogP contribution is 2.26. The quantitative estimate of drug-likeness (QED) is 0.260. The van der Waals surface area contributed by atoms with Gasteiger partial charge < -0.3 is 15.0 Å². The van der Waals surface area contributed by atoms with E-state index in [1.807, 2.05) is 31.2 Å². The molecule has 9 heteroatoms. The van der Waals surface area contributed by atoms with Crippen molar-refractivity contribution in [3.8, 4) is 5.75 Å². The Balaban J connectivity index is 1.99. The van der Waals surface area contributed by atoms with E-state index in [1.54, 1.807) is 56.5 Å². The number of benzene rings is 3. The van der Waals surface area contributed by atoms with Gasteiger partial charge in [-0.1, -0.05) is 69.7 Å². The Bertz CT molecular complexity index is 1380. The molecule has 0 fully saturated rings. The number of rotatable bonds is 14. The molecule has 0 aliphatic carbocycles. The molecule has 3 rings (SSSR count). The average Bonchev–Trinajstić information content (AvgIpc) is 2.99. The predicted molar refractivity (Wildman–Crippen MR) is 162 cm³/mol. The second kappa shape index (κ2) is 14.7. The van der Waals surface area contributed by atoms with Crippen molar-refractivity contribution in [1.82, 2.24) is 10.2 Å². The summed E-state index contributed by atoms with van der Waals surface area (Å²) < 4.78 is 34.1. The van der Waals surface area contributed by atoms with Gasteiger partial charge in [-0.05, 0) is 66.8 Å². The normalized spacial score (nSPS) is 12.0. The standard InChI is InChI=1S/C32H41N3O5S/c1-6-7-21-33-32(37)25(4)34(22-26-13-19-29(40-5)20-14-26)31(36)23-35(28-17-15-27(16-18-28)24(2)3)41(38,39)30-11-9-8-10-12-30/h8-20,24-25H,6-7,21-23H2,1-5H3,(H,33,37)/t25-/m1/s1. The molecule has 3 aromatic rings. The molecule has 0 aliphatic rings. The molecule has 0 bridgehead atoms. The number of nitrogens with zero attached hydrogens (tertiary/aromatic N) is 2. The van der Waals surface area contributed by atoms with Crippen LogP contribution in [0.25, 0.3) is 0 Å². The highest BCUT2D eigenvalue weighted by molar-refractivity contribution is 7.92. The largest absolute Gasteiger partial charge is 0.497 e. The number of amides is 2.